The third-order valence-corrected chi connectivity index (χ3v) is 3.01. The molecule has 0 bridgehead atoms. The van der Waals surface area contributed by atoms with E-state index in [1.807, 2.05) is 0 Å². The van der Waals surface area contributed by atoms with Gasteiger partial charge in [0.2, 0.25) is 0 Å². The Balaban J connectivity index is 1.91. The Labute approximate surface area is 125 Å². The maximum Gasteiger partial charge on any atom is 0.256 e. The van der Waals surface area contributed by atoms with E-state index in [-0.39, 0.29) is 24.5 Å². The first-order valence-electron chi connectivity index (χ1n) is 6.56. The van der Waals surface area contributed by atoms with Gasteiger partial charge in [-0.2, -0.15) is 0 Å². The molecule has 0 aliphatic rings. The molecular weight excluding hydrogens is 295 g/mol. The van der Waals surface area contributed by atoms with Gasteiger partial charge in [0.05, 0.1) is 12.1 Å². The number of likely N-dealkylation sites (N-methyl/N-ethyl adjacent to an activating group) is 1. The van der Waals surface area contributed by atoms with Crippen LogP contribution in [-0.4, -0.2) is 31.0 Å². The molecule has 0 N–H and O–H groups in total. The van der Waals surface area contributed by atoms with Gasteiger partial charge in [-0.3, -0.25) is 4.79 Å². The lowest BCUT2D eigenvalue weighted by Gasteiger charge is -2.18. The fraction of sp³-hybridized carbons (Fsp3) is 0.188. The molecule has 0 aromatic heterocycles. The van der Waals surface area contributed by atoms with Crippen LogP contribution in [0.2, 0.25) is 0 Å². The van der Waals surface area contributed by atoms with E-state index in [0.717, 1.165) is 18.2 Å². The molecule has 0 radical (unpaired) electrons. The number of halogens is 3. The Kier molecular flexibility index (Phi) is 5.04. The predicted octanol–water partition coefficient (Wildman–Crippen LogP) is 3.25. The second-order valence-electron chi connectivity index (χ2n) is 4.65. The van der Waals surface area contributed by atoms with E-state index >= 15 is 0 Å². The summed E-state index contributed by atoms with van der Waals surface area (Å²) in [6, 6.07) is 8.15. The second-order valence-corrected chi connectivity index (χ2v) is 4.65. The molecule has 0 saturated heterocycles. The van der Waals surface area contributed by atoms with Gasteiger partial charge in [0, 0.05) is 7.05 Å². The summed E-state index contributed by atoms with van der Waals surface area (Å²) in [5.41, 5.74) is -0.329. The van der Waals surface area contributed by atoms with Gasteiger partial charge in [-0.15, -0.1) is 0 Å². The molecule has 0 spiro atoms. The number of amides is 1. The van der Waals surface area contributed by atoms with Crippen LogP contribution < -0.4 is 4.74 Å². The van der Waals surface area contributed by atoms with Crippen LogP contribution in [-0.2, 0) is 0 Å². The zero-order valence-electron chi connectivity index (χ0n) is 11.9. The molecule has 6 heteroatoms. The van der Waals surface area contributed by atoms with Crippen LogP contribution in [0, 0.1) is 17.5 Å². The van der Waals surface area contributed by atoms with Gasteiger partial charge in [-0.25, -0.2) is 13.2 Å². The van der Waals surface area contributed by atoms with Crippen LogP contribution in [0.25, 0.3) is 0 Å². The third-order valence-electron chi connectivity index (χ3n) is 3.01. The van der Waals surface area contributed by atoms with Crippen molar-refractivity contribution in [3.05, 3.63) is 65.5 Å². The van der Waals surface area contributed by atoms with Gasteiger partial charge < -0.3 is 9.64 Å². The van der Waals surface area contributed by atoms with Crippen molar-refractivity contribution in [2.24, 2.45) is 0 Å². The maximum atomic E-state index is 13.5. The quantitative estimate of drug-likeness (QED) is 0.848. The first-order chi connectivity index (χ1) is 10.5. The van der Waals surface area contributed by atoms with E-state index < -0.39 is 17.5 Å². The molecule has 0 fully saturated rings. The smallest absolute Gasteiger partial charge is 0.256 e. The highest BCUT2D eigenvalue weighted by Crippen LogP contribution is 2.13. The molecule has 0 aliphatic carbocycles. The molecule has 2 aromatic carbocycles. The number of hydrogen-bond acceptors (Lipinski definition) is 2. The number of rotatable bonds is 5. The Morgan fingerprint density at radius 3 is 2.36 bits per heavy atom. The lowest BCUT2D eigenvalue weighted by molar-refractivity contribution is 0.0768. The molecule has 116 valence electrons. The Bertz CT molecular complexity index is 659. The van der Waals surface area contributed by atoms with Crippen molar-refractivity contribution in [1.82, 2.24) is 4.90 Å². The van der Waals surface area contributed by atoms with E-state index in [0.29, 0.717) is 5.75 Å². The monoisotopic (exact) mass is 309 g/mol. The zero-order valence-corrected chi connectivity index (χ0v) is 11.9. The predicted molar refractivity (Wildman–Crippen MR) is 75.2 cm³/mol. The van der Waals surface area contributed by atoms with Gasteiger partial charge in [-0.05, 0) is 42.5 Å². The standard InChI is InChI=1S/C16H14F3NO2/c1-20(8-9-22-13-5-2-11(17)3-6-13)16(21)14-10-12(18)4-7-15(14)19/h2-7,10H,8-9H2,1H3. The number of carbonyl (C=O) groups is 1. The van der Waals surface area contributed by atoms with Crippen molar-refractivity contribution in [3.8, 4) is 5.75 Å². The maximum absolute atomic E-state index is 13.5. The highest BCUT2D eigenvalue weighted by atomic mass is 19.1. The molecule has 0 saturated carbocycles. The van der Waals surface area contributed by atoms with E-state index in [9.17, 15) is 18.0 Å². The topological polar surface area (TPSA) is 29.5 Å². The molecule has 0 atom stereocenters. The minimum absolute atomic E-state index is 0.144. The second kappa shape index (κ2) is 6.98. The largest absolute Gasteiger partial charge is 0.492 e. The Morgan fingerprint density at radius 1 is 1.05 bits per heavy atom. The lowest BCUT2D eigenvalue weighted by atomic mass is 10.2. The van der Waals surface area contributed by atoms with E-state index in [1.165, 1.54) is 36.2 Å². The summed E-state index contributed by atoms with van der Waals surface area (Å²) in [4.78, 5) is 13.2. The van der Waals surface area contributed by atoms with E-state index in [4.69, 9.17) is 4.74 Å². The summed E-state index contributed by atoms with van der Waals surface area (Å²) in [6.07, 6.45) is 0. The van der Waals surface area contributed by atoms with E-state index in [1.54, 1.807) is 0 Å². The van der Waals surface area contributed by atoms with Crippen LogP contribution >= 0.6 is 0 Å². The van der Waals surface area contributed by atoms with Gasteiger partial charge in [0.15, 0.2) is 0 Å². The number of ether oxygens (including phenoxy) is 1. The summed E-state index contributed by atoms with van der Waals surface area (Å²) in [6.45, 7) is 0.316. The first-order valence-corrected chi connectivity index (χ1v) is 6.56. The van der Waals surface area contributed by atoms with Crippen LogP contribution in [0.15, 0.2) is 42.5 Å². The average molecular weight is 309 g/mol. The molecule has 2 rings (SSSR count). The van der Waals surface area contributed by atoms with Gasteiger partial charge >= 0.3 is 0 Å². The fourth-order valence-electron chi connectivity index (χ4n) is 1.80. The summed E-state index contributed by atoms with van der Waals surface area (Å²) in [5, 5.41) is 0. The van der Waals surface area contributed by atoms with Crippen molar-refractivity contribution >= 4 is 5.91 Å². The molecule has 0 aliphatic heterocycles. The number of nitrogens with zero attached hydrogens (tertiary/aromatic N) is 1. The SMILES string of the molecule is CN(CCOc1ccc(F)cc1)C(=O)c1cc(F)ccc1F. The minimum atomic E-state index is -0.780. The summed E-state index contributed by atoms with van der Waals surface area (Å²) >= 11 is 0. The van der Waals surface area contributed by atoms with Crippen molar-refractivity contribution in [2.75, 3.05) is 20.2 Å². The normalized spacial score (nSPS) is 10.4. The average Bonchev–Trinajstić information content (AvgIpc) is 2.51. The molecule has 0 unspecified atom stereocenters. The van der Waals surface area contributed by atoms with Crippen LogP contribution in [0.1, 0.15) is 10.4 Å². The molecule has 22 heavy (non-hydrogen) atoms. The highest BCUT2D eigenvalue weighted by Gasteiger charge is 2.17. The van der Waals surface area contributed by atoms with Gasteiger partial charge in [0.1, 0.15) is 29.8 Å². The van der Waals surface area contributed by atoms with Crippen molar-refractivity contribution in [2.45, 2.75) is 0 Å². The number of carbonyl (C=O) groups excluding carboxylic acids is 1. The Hall–Kier alpha value is -2.50. The summed E-state index contributed by atoms with van der Waals surface area (Å²) < 4.78 is 44.7. The highest BCUT2D eigenvalue weighted by molar-refractivity contribution is 5.94. The molecule has 0 heterocycles. The van der Waals surface area contributed by atoms with Crippen LogP contribution in [0.4, 0.5) is 13.2 Å². The number of benzene rings is 2. The van der Waals surface area contributed by atoms with Crippen LogP contribution in [0.5, 0.6) is 5.75 Å². The van der Waals surface area contributed by atoms with Crippen LogP contribution in [0.3, 0.4) is 0 Å². The fourth-order valence-corrected chi connectivity index (χ4v) is 1.80. The number of hydrogen-bond donors (Lipinski definition) is 0. The van der Waals surface area contributed by atoms with Crippen molar-refractivity contribution in [3.63, 3.8) is 0 Å². The summed E-state index contributed by atoms with van der Waals surface area (Å²) in [5.74, 6) is -2.02. The third kappa shape index (κ3) is 4.00. The van der Waals surface area contributed by atoms with Gasteiger partial charge in [-0.1, -0.05) is 0 Å². The molecule has 3 nitrogen and oxygen atoms in total. The van der Waals surface area contributed by atoms with E-state index in [2.05, 4.69) is 0 Å². The lowest BCUT2D eigenvalue weighted by Crippen LogP contribution is -2.31. The summed E-state index contributed by atoms with van der Waals surface area (Å²) in [7, 11) is 1.46. The van der Waals surface area contributed by atoms with Gasteiger partial charge in [0.25, 0.3) is 5.91 Å². The van der Waals surface area contributed by atoms with Crippen molar-refractivity contribution < 1.29 is 22.7 Å². The first kappa shape index (κ1) is 15.9. The molecule has 2 aromatic rings. The molecule has 1 amide bonds. The Morgan fingerprint density at radius 2 is 1.68 bits per heavy atom. The molecular formula is C16H14F3NO2. The van der Waals surface area contributed by atoms with Crippen molar-refractivity contribution in [1.29, 1.82) is 0 Å². The zero-order chi connectivity index (χ0) is 16.1. The minimum Gasteiger partial charge on any atom is -0.492 e.